The van der Waals surface area contributed by atoms with Crippen LogP contribution in [0.25, 0.3) is 22.0 Å². The van der Waals surface area contributed by atoms with E-state index in [9.17, 15) is 0 Å². The van der Waals surface area contributed by atoms with Crippen LogP contribution in [-0.4, -0.2) is 35.9 Å². The summed E-state index contributed by atoms with van der Waals surface area (Å²) < 4.78 is 10.9. The maximum atomic E-state index is 5.48. The molecule has 0 bridgehead atoms. The lowest BCUT2D eigenvalue weighted by molar-refractivity contribution is 0.244. The van der Waals surface area contributed by atoms with Crippen LogP contribution in [0.2, 0.25) is 0 Å². The molecule has 2 heterocycles. The van der Waals surface area contributed by atoms with Crippen molar-refractivity contribution in [2.45, 2.75) is 19.5 Å². The zero-order chi connectivity index (χ0) is 20.5. The number of hydrogen-bond acceptors (Lipinski definition) is 4. The van der Waals surface area contributed by atoms with E-state index in [4.69, 9.17) is 9.47 Å². The highest BCUT2D eigenvalue weighted by atomic mass is 16.5. The number of fused-ring (bicyclic) bond motifs is 2. The highest BCUT2D eigenvalue weighted by Crippen LogP contribution is 2.33. The van der Waals surface area contributed by atoms with Crippen LogP contribution in [0.4, 0.5) is 0 Å². The molecule has 1 aliphatic rings. The summed E-state index contributed by atoms with van der Waals surface area (Å²) in [4.78, 5) is 2.49. The summed E-state index contributed by atoms with van der Waals surface area (Å²) in [6, 6.07) is 19.5. The molecule has 0 saturated carbocycles. The fourth-order valence-corrected chi connectivity index (χ4v) is 4.26. The lowest BCUT2D eigenvalue weighted by Gasteiger charge is -2.29. The van der Waals surface area contributed by atoms with Crippen LogP contribution in [0.3, 0.4) is 0 Å². The Balaban J connectivity index is 1.30. The first-order valence-corrected chi connectivity index (χ1v) is 10.2. The number of benzene rings is 3. The number of aromatic amines is 1. The summed E-state index contributed by atoms with van der Waals surface area (Å²) in [6.07, 6.45) is 2.89. The summed E-state index contributed by atoms with van der Waals surface area (Å²) in [5.41, 5.74) is 7.51. The number of nitrogens with one attached hydrogen (secondary N) is 1. The first-order chi connectivity index (χ1) is 14.7. The van der Waals surface area contributed by atoms with E-state index in [2.05, 4.69) is 69.7 Å². The molecule has 1 N–H and O–H groups in total. The van der Waals surface area contributed by atoms with E-state index in [1.807, 2.05) is 6.20 Å². The number of methoxy groups -OCH3 is 2. The average molecular weight is 399 g/mol. The number of rotatable bonds is 5. The van der Waals surface area contributed by atoms with Crippen LogP contribution in [0.15, 0.2) is 60.8 Å². The fraction of sp³-hybridized carbons (Fsp3) is 0.240. The number of nitrogens with zero attached hydrogens (tertiary/aromatic N) is 2. The van der Waals surface area contributed by atoms with E-state index in [-0.39, 0.29) is 0 Å². The first-order valence-electron chi connectivity index (χ1n) is 10.2. The molecule has 1 aromatic heterocycles. The van der Waals surface area contributed by atoms with Crippen molar-refractivity contribution >= 4 is 10.9 Å². The molecule has 0 fully saturated rings. The average Bonchev–Trinajstić information content (AvgIpc) is 3.26. The molecule has 152 valence electrons. The van der Waals surface area contributed by atoms with Crippen molar-refractivity contribution in [1.29, 1.82) is 0 Å². The van der Waals surface area contributed by atoms with E-state index >= 15 is 0 Å². The predicted molar refractivity (Wildman–Crippen MR) is 119 cm³/mol. The summed E-state index contributed by atoms with van der Waals surface area (Å²) in [5.74, 6) is 1.62. The van der Waals surface area contributed by atoms with Crippen molar-refractivity contribution in [3.63, 3.8) is 0 Å². The van der Waals surface area contributed by atoms with Gasteiger partial charge < -0.3 is 9.47 Å². The van der Waals surface area contributed by atoms with Gasteiger partial charge in [-0.1, -0.05) is 30.3 Å². The molecular formula is C25H25N3O2. The van der Waals surface area contributed by atoms with Gasteiger partial charge in [0.2, 0.25) is 0 Å². The minimum Gasteiger partial charge on any atom is -0.493 e. The zero-order valence-electron chi connectivity index (χ0n) is 17.3. The van der Waals surface area contributed by atoms with Gasteiger partial charge in [-0.2, -0.15) is 5.10 Å². The summed E-state index contributed by atoms with van der Waals surface area (Å²) in [5, 5.41) is 8.24. The van der Waals surface area contributed by atoms with Gasteiger partial charge in [0, 0.05) is 25.0 Å². The van der Waals surface area contributed by atoms with E-state index in [1.165, 1.54) is 27.8 Å². The van der Waals surface area contributed by atoms with Crippen molar-refractivity contribution in [3.05, 3.63) is 77.5 Å². The minimum absolute atomic E-state index is 0.803. The Morgan fingerprint density at radius 3 is 2.40 bits per heavy atom. The standard InChI is InChI=1S/C25H25N3O2/c1-29-24-12-20-9-10-28(16-22(20)13-25(24)30-2)15-17-3-5-18(6-4-17)19-7-8-23-21(11-19)14-26-27-23/h3-8,11-14H,9-10,15-16H2,1-2H3,(H,26,27). The number of hydrogen-bond donors (Lipinski definition) is 1. The van der Waals surface area contributed by atoms with Crippen LogP contribution >= 0.6 is 0 Å². The first kappa shape index (κ1) is 18.7. The molecule has 4 aromatic rings. The SMILES string of the molecule is COc1cc2c(cc1OC)CN(Cc1ccc(-c3ccc4[nH]ncc4c3)cc1)CC2. The molecular weight excluding hydrogens is 374 g/mol. The molecule has 0 aliphatic carbocycles. The van der Waals surface area contributed by atoms with Gasteiger partial charge in [-0.25, -0.2) is 0 Å². The third kappa shape index (κ3) is 3.53. The molecule has 30 heavy (non-hydrogen) atoms. The quantitative estimate of drug-likeness (QED) is 0.523. The topological polar surface area (TPSA) is 50.4 Å². The van der Waals surface area contributed by atoms with Crippen molar-refractivity contribution in [3.8, 4) is 22.6 Å². The number of H-pyrrole nitrogens is 1. The van der Waals surface area contributed by atoms with Gasteiger partial charge in [-0.05, 0) is 58.5 Å². The lowest BCUT2D eigenvalue weighted by Crippen LogP contribution is -2.30. The Bertz CT molecular complexity index is 1180. The largest absolute Gasteiger partial charge is 0.493 e. The van der Waals surface area contributed by atoms with Crippen LogP contribution in [-0.2, 0) is 19.5 Å². The third-order valence-corrected chi connectivity index (χ3v) is 5.93. The number of aromatic nitrogens is 2. The summed E-state index contributed by atoms with van der Waals surface area (Å²) in [6.45, 7) is 2.91. The van der Waals surface area contributed by atoms with Crippen molar-refractivity contribution in [2.75, 3.05) is 20.8 Å². The van der Waals surface area contributed by atoms with Gasteiger partial charge in [0.1, 0.15) is 0 Å². The smallest absolute Gasteiger partial charge is 0.161 e. The Morgan fingerprint density at radius 2 is 1.63 bits per heavy atom. The number of ether oxygens (including phenoxy) is 2. The molecule has 0 atom stereocenters. The second kappa shape index (κ2) is 7.84. The maximum Gasteiger partial charge on any atom is 0.161 e. The van der Waals surface area contributed by atoms with Gasteiger partial charge in [0.15, 0.2) is 11.5 Å². The molecule has 5 nitrogen and oxygen atoms in total. The van der Waals surface area contributed by atoms with Gasteiger partial charge in [-0.15, -0.1) is 0 Å². The van der Waals surface area contributed by atoms with Gasteiger partial charge in [0.25, 0.3) is 0 Å². The molecule has 0 saturated heterocycles. The van der Waals surface area contributed by atoms with Crippen molar-refractivity contribution in [1.82, 2.24) is 15.1 Å². The van der Waals surface area contributed by atoms with Crippen molar-refractivity contribution < 1.29 is 9.47 Å². The van der Waals surface area contributed by atoms with Crippen LogP contribution in [0, 0.1) is 0 Å². The molecule has 0 unspecified atom stereocenters. The summed E-state index contributed by atoms with van der Waals surface area (Å²) in [7, 11) is 3.38. The summed E-state index contributed by atoms with van der Waals surface area (Å²) >= 11 is 0. The van der Waals surface area contributed by atoms with E-state index < -0.39 is 0 Å². The normalized spacial score (nSPS) is 13.9. The second-order valence-corrected chi connectivity index (χ2v) is 7.81. The molecule has 0 spiro atoms. The Hall–Kier alpha value is -3.31. The van der Waals surface area contributed by atoms with E-state index in [0.29, 0.717) is 0 Å². The lowest BCUT2D eigenvalue weighted by atomic mass is 9.98. The Labute approximate surface area is 176 Å². The second-order valence-electron chi connectivity index (χ2n) is 7.81. The van der Waals surface area contributed by atoms with Crippen molar-refractivity contribution in [2.24, 2.45) is 0 Å². The zero-order valence-corrected chi connectivity index (χ0v) is 17.3. The van der Waals surface area contributed by atoms with Crippen LogP contribution in [0.5, 0.6) is 11.5 Å². The monoisotopic (exact) mass is 399 g/mol. The highest BCUT2D eigenvalue weighted by molar-refractivity contribution is 5.84. The van der Waals surface area contributed by atoms with E-state index in [1.54, 1.807) is 14.2 Å². The fourth-order valence-electron chi connectivity index (χ4n) is 4.26. The van der Waals surface area contributed by atoms with Crippen LogP contribution < -0.4 is 9.47 Å². The minimum atomic E-state index is 0.803. The molecule has 5 rings (SSSR count). The van der Waals surface area contributed by atoms with Gasteiger partial charge in [-0.3, -0.25) is 10.00 Å². The molecule has 3 aromatic carbocycles. The Morgan fingerprint density at radius 1 is 0.900 bits per heavy atom. The highest BCUT2D eigenvalue weighted by Gasteiger charge is 2.19. The molecule has 0 radical (unpaired) electrons. The predicted octanol–water partition coefficient (Wildman–Crippen LogP) is 4.81. The molecule has 1 aliphatic heterocycles. The van der Waals surface area contributed by atoms with Gasteiger partial charge in [0.05, 0.1) is 25.9 Å². The van der Waals surface area contributed by atoms with E-state index in [0.717, 1.165) is 48.5 Å². The maximum absolute atomic E-state index is 5.48. The van der Waals surface area contributed by atoms with Gasteiger partial charge >= 0.3 is 0 Å². The molecule has 5 heteroatoms. The van der Waals surface area contributed by atoms with Crippen LogP contribution in [0.1, 0.15) is 16.7 Å². The third-order valence-electron chi connectivity index (χ3n) is 5.93. The molecule has 0 amide bonds. The Kier molecular flexibility index (Phi) is 4.89.